The zero-order valence-corrected chi connectivity index (χ0v) is 10.4. The first-order chi connectivity index (χ1) is 6.55. The van der Waals surface area contributed by atoms with E-state index in [1.165, 1.54) is 13.1 Å². The van der Waals surface area contributed by atoms with E-state index >= 15 is 0 Å². The summed E-state index contributed by atoms with van der Waals surface area (Å²) >= 11 is 4.16. The zero-order chi connectivity index (χ0) is 10.6. The average molecular weight is 217 g/mol. The Bertz CT molecular complexity index is 167. The summed E-state index contributed by atoms with van der Waals surface area (Å²) in [5, 5.41) is 3.37. The summed E-state index contributed by atoms with van der Waals surface area (Å²) in [5.74, 6) is 0. The Kier molecular flexibility index (Phi) is 4.70. The number of hydrogen-bond acceptors (Lipinski definition) is 4. The van der Waals surface area contributed by atoms with Gasteiger partial charge in [0.15, 0.2) is 0 Å². The van der Waals surface area contributed by atoms with Gasteiger partial charge >= 0.3 is 0 Å². The third-order valence-corrected chi connectivity index (χ3v) is 3.49. The van der Waals surface area contributed by atoms with Crippen LogP contribution in [-0.4, -0.2) is 42.7 Å². The van der Waals surface area contributed by atoms with Gasteiger partial charge < -0.3 is 5.32 Å². The van der Waals surface area contributed by atoms with Gasteiger partial charge in [0.25, 0.3) is 0 Å². The maximum atomic E-state index is 4.16. The van der Waals surface area contributed by atoms with Crippen LogP contribution in [0.4, 0.5) is 0 Å². The van der Waals surface area contributed by atoms with E-state index in [1.54, 1.807) is 0 Å². The molecule has 1 aliphatic heterocycles. The van der Waals surface area contributed by atoms with Crippen LogP contribution < -0.4 is 10.0 Å². The molecule has 1 saturated heterocycles. The number of nitrogens with one attached hydrogen (secondary N) is 2. The van der Waals surface area contributed by atoms with Gasteiger partial charge in [0.2, 0.25) is 0 Å². The Morgan fingerprint density at radius 1 is 1.43 bits per heavy atom. The third-order valence-electron chi connectivity index (χ3n) is 2.88. The van der Waals surface area contributed by atoms with E-state index < -0.39 is 0 Å². The number of rotatable bonds is 4. The Balaban J connectivity index is 2.36. The molecule has 1 aliphatic rings. The summed E-state index contributed by atoms with van der Waals surface area (Å²) < 4.78 is 3.06. The molecule has 0 aromatic carbocycles. The van der Waals surface area contributed by atoms with Crippen molar-refractivity contribution in [3.8, 4) is 0 Å². The predicted molar refractivity (Wildman–Crippen MR) is 64.7 cm³/mol. The molecule has 0 spiro atoms. The topological polar surface area (TPSA) is 27.3 Å². The minimum atomic E-state index is 0.118. The van der Waals surface area contributed by atoms with Gasteiger partial charge in [0, 0.05) is 37.8 Å². The highest BCUT2D eigenvalue weighted by Gasteiger charge is 2.24. The van der Waals surface area contributed by atoms with E-state index in [-0.39, 0.29) is 5.54 Å². The van der Waals surface area contributed by atoms with Crippen LogP contribution in [0.5, 0.6) is 0 Å². The van der Waals surface area contributed by atoms with Crippen LogP contribution in [0.3, 0.4) is 0 Å². The van der Waals surface area contributed by atoms with Crippen LogP contribution in [0, 0.1) is 0 Å². The maximum absolute atomic E-state index is 4.16. The lowest BCUT2D eigenvalue weighted by molar-refractivity contribution is 0.156. The largest absolute Gasteiger partial charge is 0.314 e. The van der Waals surface area contributed by atoms with E-state index in [9.17, 15) is 0 Å². The first-order valence-electron chi connectivity index (χ1n) is 5.41. The number of nitrogens with zero attached hydrogens (tertiary/aromatic N) is 1. The van der Waals surface area contributed by atoms with Gasteiger partial charge in [-0.2, -0.15) is 0 Å². The minimum Gasteiger partial charge on any atom is -0.314 e. The lowest BCUT2D eigenvalue weighted by atomic mass is 9.96. The van der Waals surface area contributed by atoms with Crippen molar-refractivity contribution in [2.45, 2.75) is 38.8 Å². The van der Waals surface area contributed by atoms with Crippen LogP contribution >= 0.6 is 12.8 Å². The highest BCUT2D eigenvalue weighted by molar-refractivity contribution is 7.78. The van der Waals surface area contributed by atoms with E-state index in [4.69, 9.17) is 0 Å². The monoisotopic (exact) mass is 217 g/mol. The molecule has 14 heavy (non-hydrogen) atoms. The van der Waals surface area contributed by atoms with Crippen LogP contribution in [0.15, 0.2) is 0 Å². The molecule has 4 heteroatoms. The average Bonchev–Trinajstić information content (AvgIpc) is 2.19. The molecule has 1 atom stereocenters. The van der Waals surface area contributed by atoms with Crippen molar-refractivity contribution in [1.29, 1.82) is 0 Å². The molecule has 0 amide bonds. The van der Waals surface area contributed by atoms with Gasteiger partial charge in [-0.05, 0) is 27.2 Å². The molecule has 3 nitrogen and oxygen atoms in total. The molecule has 1 heterocycles. The Labute approximate surface area is 93.2 Å². The van der Waals surface area contributed by atoms with Gasteiger partial charge in [-0.3, -0.25) is 9.62 Å². The summed E-state index contributed by atoms with van der Waals surface area (Å²) in [7, 11) is 0. The van der Waals surface area contributed by atoms with Crippen molar-refractivity contribution in [1.82, 2.24) is 14.9 Å². The fraction of sp³-hybridized carbons (Fsp3) is 1.00. The number of thiol groups is 1. The summed E-state index contributed by atoms with van der Waals surface area (Å²) in [6.07, 6.45) is 1.14. The Hall–Kier alpha value is 0.230. The first kappa shape index (κ1) is 12.3. The van der Waals surface area contributed by atoms with Crippen molar-refractivity contribution in [3.05, 3.63) is 0 Å². The smallest absolute Gasteiger partial charge is 0.0239 e. The van der Waals surface area contributed by atoms with E-state index in [1.807, 2.05) is 0 Å². The van der Waals surface area contributed by atoms with E-state index in [2.05, 4.69) is 48.5 Å². The SMILES string of the molecule is CC(CC(C)(C)NS)N1CCNCC1. The fourth-order valence-electron chi connectivity index (χ4n) is 2.04. The molecule has 0 radical (unpaired) electrons. The standard InChI is InChI=1S/C10H23N3S/c1-9(8-10(2,3)12-14)13-6-4-11-5-7-13/h9,11-12,14H,4-8H2,1-3H3. The van der Waals surface area contributed by atoms with Gasteiger partial charge in [-0.25, -0.2) is 0 Å². The van der Waals surface area contributed by atoms with Gasteiger partial charge in [-0.15, -0.1) is 0 Å². The van der Waals surface area contributed by atoms with Crippen molar-refractivity contribution >= 4 is 12.8 Å². The number of piperazine rings is 1. The molecule has 0 saturated carbocycles. The molecule has 2 N–H and O–H groups in total. The molecule has 0 aliphatic carbocycles. The van der Waals surface area contributed by atoms with Crippen molar-refractivity contribution in [2.75, 3.05) is 26.2 Å². The van der Waals surface area contributed by atoms with Crippen molar-refractivity contribution in [2.24, 2.45) is 0 Å². The summed E-state index contributed by atoms with van der Waals surface area (Å²) in [6, 6.07) is 0.631. The van der Waals surface area contributed by atoms with Gasteiger partial charge in [-0.1, -0.05) is 12.8 Å². The molecule has 0 aromatic rings. The van der Waals surface area contributed by atoms with Gasteiger partial charge in [0.05, 0.1) is 0 Å². The van der Waals surface area contributed by atoms with Crippen LogP contribution in [0.25, 0.3) is 0 Å². The second-order valence-electron chi connectivity index (χ2n) is 4.83. The second kappa shape index (κ2) is 5.35. The fourth-order valence-corrected chi connectivity index (χ4v) is 2.13. The van der Waals surface area contributed by atoms with Gasteiger partial charge in [0.1, 0.15) is 0 Å². The number of hydrogen-bond donors (Lipinski definition) is 3. The van der Waals surface area contributed by atoms with Crippen molar-refractivity contribution < 1.29 is 0 Å². The molecular weight excluding hydrogens is 194 g/mol. The third kappa shape index (κ3) is 3.77. The van der Waals surface area contributed by atoms with Crippen LogP contribution in [-0.2, 0) is 0 Å². The predicted octanol–water partition coefficient (Wildman–Crippen LogP) is 0.883. The molecule has 84 valence electrons. The molecule has 1 rings (SSSR count). The lowest BCUT2D eigenvalue weighted by Gasteiger charge is -2.37. The highest BCUT2D eigenvalue weighted by atomic mass is 32.1. The van der Waals surface area contributed by atoms with E-state index in [0.29, 0.717) is 6.04 Å². The molecule has 0 bridgehead atoms. The summed E-state index contributed by atoms with van der Waals surface area (Å²) in [6.45, 7) is 11.3. The maximum Gasteiger partial charge on any atom is 0.0239 e. The molecule has 1 unspecified atom stereocenters. The Morgan fingerprint density at radius 3 is 2.50 bits per heavy atom. The van der Waals surface area contributed by atoms with Crippen molar-refractivity contribution in [3.63, 3.8) is 0 Å². The zero-order valence-electron chi connectivity index (χ0n) is 9.51. The highest BCUT2D eigenvalue weighted by Crippen LogP contribution is 2.16. The molecule has 0 aromatic heterocycles. The molecule has 1 fully saturated rings. The summed E-state index contributed by atoms with van der Waals surface area (Å²) in [4.78, 5) is 2.55. The lowest BCUT2D eigenvalue weighted by Crippen LogP contribution is -2.50. The molecular formula is C10H23N3S. The Morgan fingerprint density at radius 2 is 2.00 bits per heavy atom. The van der Waals surface area contributed by atoms with Crippen LogP contribution in [0.2, 0.25) is 0 Å². The minimum absolute atomic E-state index is 0.118. The normalized spacial score (nSPS) is 22.3. The van der Waals surface area contributed by atoms with Crippen LogP contribution in [0.1, 0.15) is 27.2 Å². The van der Waals surface area contributed by atoms with E-state index in [0.717, 1.165) is 19.5 Å². The summed E-state index contributed by atoms with van der Waals surface area (Å²) in [5.41, 5.74) is 0.118. The first-order valence-corrected chi connectivity index (χ1v) is 5.86. The quantitative estimate of drug-likeness (QED) is 0.610. The second-order valence-corrected chi connectivity index (χ2v) is 5.06.